The minimum absolute atomic E-state index is 0.200. The van der Waals surface area contributed by atoms with E-state index in [4.69, 9.17) is 10.5 Å². The van der Waals surface area contributed by atoms with E-state index in [0.29, 0.717) is 23.4 Å². The third kappa shape index (κ3) is 2.54. The van der Waals surface area contributed by atoms with Gasteiger partial charge >= 0.3 is 0 Å². The van der Waals surface area contributed by atoms with E-state index in [-0.39, 0.29) is 5.94 Å². The molecule has 1 aliphatic carbocycles. The minimum Gasteiger partial charge on any atom is -0.399 e. The van der Waals surface area contributed by atoms with Gasteiger partial charge in [-0.05, 0) is 37.0 Å². The normalized spacial score (nSPS) is 17.1. The Morgan fingerprint density at radius 2 is 2.33 bits per heavy atom. The molecule has 0 amide bonds. The van der Waals surface area contributed by atoms with Crippen LogP contribution in [0.2, 0.25) is 0 Å². The highest BCUT2D eigenvalue weighted by Crippen LogP contribution is 2.28. The molecule has 1 heterocycles. The van der Waals surface area contributed by atoms with Crippen LogP contribution < -0.4 is 5.73 Å². The molecule has 0 saturated heterocycles. The predicted octanol–water partition coefficient (Wildman–Crippen LogP) is 1.64. The fourth-order valence-corrected chi connectivity index (χ4v) is 2.53. The summed E-state index contributed by atoms with van der Waals surface area (Å²) in [5, 5.41) is 0.450. The second-order valence-electron chi connectivity index (χ2n) is 4.60. The summed E-state index contributed by atoms with van der Waals surface area (Å²) in [5.74, 6) is 0.878. The highest BCUT2D eigenvalue weighted by molar-refractivity contribution is 7.84. The summed E-state index contributed by atoms with van der Waals surface area (Å²) in [6.07, 6.45) is 2.47. The lowest BCUT2D eigenvalue weighted by Gasteiger charge is -2.00. The lowest BCUT2D eigenvalue weighted by atomic mass is 10.3. The number of ether oxygens (including phenoxy) is 1. The third-order valence-electron chi connectivity index (χ3n) is 2.94. The number of hydrogen-bond acceptors (Lipinski definition) is 4. The van der Waals surface area contributed by atoms with Crippen molar-refractivity contribution in [1.82, 2.24) is 9.97 Å². The number of fused-ring (bicyclic) bond motifs is 1. The van der Waals surface area contributed by atoms with Crippen LogP contribution in [0.5, 0.6) is 0 Å². The lowest BCUT2D eigenvalue weighted by molar-refractivity contribution is 0.168. The van der Waals surface area contributed by atoms with Crippen LogP contribution in [-0.4, -0.2) is 26.7 Å². The van der Waals surface area contributed by atoms with Gasteiger partial charge in [0.15, 0.2) is 5.16 Å². The molecule has 0 spiro atoms. The maximum atomic E-state index is 12.0. The molecule has 1 aliphatic rings. The molecule has 0 bridgehead atoms. The fourth-order valence-electron chi connectivity index (χ4n) is 1.74. The van der Waals surface area contributed by atoms with Crippen molar-refractivity contribution in [3.63, 3.8) is 0 Å². The summed E-state index contributed by atoms with van der Waals surface area (Å²) in [4.78, 5) is 7.29. The zero-order chi connectivity index (χ0) is 12.5. The van der Waals surface area contributed by atoms with E-state index in [9.17, 15) is 4.21 Å². The first-order valence-corrected chi connectivity index (χ1v) is 7.25. The van der Waals surface area contributed by atoms with Gasteiger partial charge in [0.1, 0.15) is 16.7 Å². The van der Waals surface area contributed by atoms with Crippen molar-refractivity contribution in [3.05, 3.63) is 18.2 Å². The summed E-state index contributed by atoms with van der Waals surface area (Å²) in [6.45, 7) is 0.707. The van der Waals surface area contributed by atoms with E-state index in [1.165, 1.54) is 12.8 Å². The molecule has 1 unspecified atom stereocenters. The average Bonchev–Trinajstić information content (AvgIpc) is 3.06. The molecule has 1 saturated carbocycles. The van der Waals surface area contributed by atoms with Crippen molar-refractivity contribution in [2.24, 2.45) is 5.92 Å². The maximum Gasteiger partial charge on any atom is 0.199 e. The molecule has 2 aromatic rings. The van der Waals surface area contributed by atoms with Crippen LogP contribution in [0, 0.1) is 5.92 Å². The molecule has 96 valence electrons. The zero-order valence-electron chi connectivity index (χ0n) is 9.89. The van der Waals surface area contributed by atoms with E-state index in [2.05, 4.69) is 9.97 Å². The Bertz CT molecular complexity index is 592. The first kappa shape index (κ1) is 11.7. The lowest BCUT2D eigenvalue weighted by Crippen LogP contribution is -2.06. The molecule has 5 nitrogen and oxygen atoms in total. The average molecular weight is 265 g/mol. The van der Waals surface area contributed by atoms with Crippen molar-refractivity contribution in [2.45, 2.75) is 18.0 Å². The first-order valence-electron chi connectivity index (χ1n) is 5.94. The topological polar surface area (TPSA) is 81.0 Å². The smallest absolute Gasteiger partial charge is 0.199 e. The number of rotatable bonds is 5. The van der Waals surface area contributed by atoms with Crippen LogP contribution in [0.25, 0.3) is 11.0 Å². The number of nitrogen functional groups attached to an aromatic ring is 1. The Hall–Kier alpha value is -1.40. The molecule has 3 rings (SSSR count). The van der Waals surface area contributed by atoms with Gasteiger partial charge in [-0.2, -0.15) is 0 Å². The Balaban J connectivity index is 1.70. The summed E-state index contributed by atoms with van der Waals surface area (Å²) < 4.78 is 17.4. The van der Waals surface area contributed by atoms with Crippen molar-refractivity contribution in [3.8, 4) is 0 Å². The maximum absolute atomic E-state index is 12.0. The number of benzene rings is 1. The summed E-state index contributed by atoms with van der Waals surface area (Å²) >= 11 is 0. The molecule has 18 heavy (non-hydrogen) atoms. The molecule has 1 aromatic carbocycles. The van der Waals surface area contributed by atoms with Crippen molar-refractivity contribution in [1.29, 1.82) is 0 Å². The highest BCUT2D eigenvalue weighted by Gasteiger charge is 2.21. The van der Waals surface area contributed by atoms with Gasteiger partial charge in [-0.15, -0.1) is 0 Å². The van der Waals surface area contributed by atoms with Gasteiger partial charge in [-0.25, -0.2) is 9.19 Å². The van der Waals surface area contributed by atoms with E-state index in [1.807, 2.05) is 6.07 Å². The summed E-state index contributed by atoms with van der Waals surface area (Å²) in [5.41, 5.74) is 7.92. The Kier molecular flexibility index (Phi) is 3.05. The highest BCUT2D eigenvalue weighted by atomic mass is 32.2. The summed E-state index contributed by atoms with van der Waals surface area (Å²) in [7, 11) is -1.24. The van der Waals surface area contributed by atoms with Crippen molar-refractivity contribution < 1.29 is 8.95 Å². The van der Waals surface area contributed by atoms with Crippen LogP contribution in [0.1, 0.15) is 12.8 Å². The second kappa shape index (κ2) is 4.70. The van der Waals surface area contributed by atoms with Gasteiger partial charge in [-0.1, -0.05) is 0 Å². The number of imidazole rings is 1. The number of hydrogen-bond donors (Lipinski definition) is 2. The molecule has 0 radical (unpaired) electrons. The third-order valence-corrected chi connectivity index (χ3v) is 3.95. The molecule has 1 aromatic heterocycles. The van der Waals surface area contributed by atoms with E-state index < -0.39 is 10.8 Å². The van der Waals surface area contributed by atoms with Gasteiger partial charge in [-0.3, -0.25) is 0 Å². The standard InChI is InChI=1S/C12H15N3O2S/c13-9-3-4-10-11(5-9)15-12(14-10)18(16)7-17-6-8-1-2-8/h3-5,8H,1-2,6-7,13H2,(H,14,15). The zero-order valence-corrected chi connectivity index (χ0v) is 10.7. The van der Waals surface area contributed by atoms with Crippen LogP contribution in [0.4, 0.5) is 5.69 Å². The summed E-state index contributed by atoms with van der Waals surface area (Å²) in [6, 6.07) is 5.38. The minimum atomic E-state index is -1.24. The number of aromatic nitrogens is 2. The van der Waals surface area contributed by atoms with Gasteiger partial charge in [0.2, 0.25) is 0 Å². The van der Waals surface area contributed by atoms with Crippen LogP contribution in [0.15, 0.2) is 23.4 Å². The Morgan fingerprint density at radius 1 is 1.50 bits per heavy atom. The van der Waals surface area contributed by atoms with Crippen LogP contribution in [-0.2, 0) is 15.5 Å². The van der Waals surface area contributed by atoms with Crippen LogP contribution in [0.3, 0.4) is 0 Å². The first-order chi connectivity index (χ1) is 8.72. The van der Waals surface area contributed by atoms with Gasteiger partial charge in [0.05, 0.1) is 17.6 Å². The van der Waals surface area contributed by atoms with Crippen molar-refractivity contribution in [2.75, 3.05) is 18.3 Å². The molecule has 1 fully saturated rings. The molecule has 3 N–H and O–H groups in total. The molecular formula is C12H15N3O2S. The van der Waals surface area contributed by atoms with E-state index >= 15 is 0 Å². The van der Waals surface area contributed by atoms with Crippen LogP contribution >= 0.6 is 0 Å². The molecule has 6 heteroatoms. The number of nitrogens with zero attached hydrogens (tertiary/aromatic N) is 1. The Labute approximate surface area is 107 Å². The van der Waals surface area contributed by atoms with Gasteiger partial charge < -0.3 is 15.5 Å². The SMILES string of the molecule is Nc1ccc2nc(S(=O)COCC3CC3)[nH]c2c1. The monoisotopic (exact) mass is 265 g/mol. The second-order valence-corrected chi connectivity index (χ2v) is 5.91. The predicted molar refractivity (Wildman–Crippen MR) is 70.5 cm³/mol. The molecule has 1 atom stereocenters. The van der Waals surface area contributed by atoms with Gasteiger partial charge in [0, 0.05) is 5.69 Å². The fraction of sp³-hybridized carbons (Fsp3) is 0.417. The molecular weight excluding hydrogens is 250 g/mol. The van der Waals surface area contributed by atoms with E-state index in [1.54, 1.807) is 12.1 Å². The number of nitrogens with two attached hydrogens (primary N) is 1. The molecule has 0 aliphatic heterocycles. The number of aromatic amines is 1. The largest absolute Gasteiger partial charge is 0.399 e. The number of H-pyrrole nitrogens is 1. The number of anilines is 1. The van der Waals surface area contributed by atoms with Crippen molar-refractivity contribution >= 4 is 27.5 Å². The quantitative estimate of drug-likeness (QED) is 0.805. The van der Waals surface area contributed by atoms with Gasteiger partial charge in [0.25, 0.3) is 0 Å². The Morgan fingerprint density at radius 3 is 3.11 bits per heavy atom. The number of nitrogens with one attached hydrogen (secondary N) is 1. The van der Waals surface area contributed by atoms with E-state index in [0.717, 1.165) is 11.0 Å².